The van der Waals surface area contributed by atoms with Crippen molar-refractivity contribution in [2.75, 3.05) is 6.61 Å². The van der Waals surface area contributed by atoms with E-state index < -0.39 is 141 Å². The predicted molar refractivity (Wildman–Crippen MR) is 300 cm³/mol. The van der Waals surface area contributed by atoms with Gasteiger partial charge in [-0.2, -0.15) is 0 Å². The van der Waals surface area contributed by atoms with Crippen molar-refractivity contribution >= 4 is 52.4 Å². The molecule has 1 aromatic rings. The Balaban J connectivity index is 1.67. The van der Waals surface area contributed by atoms with E-state index in [1.807, 2.05) is 6.07 Å². The van der Waals surface area contributed by atoms with Gasteiger partial charge in [-0.3, -0.25) is 19.2 Å². The summed E-state index contributed by atoms with van der Waals surface area (Å²) in [6.45, 7) is 33.1. The minimum absolute atomic E-state index is 0.0335. The second kappa shape index (κ2) is 23.9. The standard InChI is InChI=1S/C60H95NO15Si2/c1-19-77(20-2,21-3)75-44-32-45-59(34-69-45,73-40(12)63)50-52(72-53(65)42-30-26-23-27-31-42)60(68)33-43(38(10)46(57(60,16)17)48(70-39(11)62)51(64)58(44,50)18)71-54(66)49(76-78(35(4)5,36(6)7)37(8)9)47(41-28-24-22-25-29-41)61-55(67)74-56(13,14)15/h22,24-25,28-29,35-37,42-45,47-50,52,68H,19-21,23,26-27,30-34H2,1-18H3,(H,61,67)/t43-,44-,45+,47-,48+,49+,50?,52-,58+,59-,60+/m0/s1. The first-order chi connectivity index (χ1) is 36.3. The number of carbonyl (C=O) groups is 6. The number of rotatable bonds is 19. The first-order valence-corrected chi connectivity index (χ1v) is 33.7. The number of esters is 4. The van der Waals surface area contributed by atoms with E-state index in [1.54, 1.807) is 72.7 Å². The average Bonchev–Trinajstić information content (AvgIpc) is 2.77. The number of hydrogen-bond donors (Lipinski definition) is 2. The highest BCUT2D eigenvalue weighted by atomic mass is 28.4. The van der Waals surface area contributed by atoms with Gasteiger partial charge in [-0.15, -0.1) is 0 Å². The lowest BCUT2D eigenvalue weighted by Crippen LogP contribution is -2.82. The third-order valence-electron chi connectivity index (χ3n) is 19.1. The molecule has 16 nitrogen and oxygen atoms in total. The lowest BCUT2D eigenvalue weighted by Gasteiger charge is -2.68. The summed E-state index contributed by atoms with van der Waals surface area (Å²) in [5, 5.41) is 17.5. The van der Waals surface area contributed by atoms with Crippen LogP contribution >= 0.6 is 0 Å². The number of ether oxygens (including phenoxy) is 6. The number of fused-ring (bicyclic) bond motifs is 5. The maximum atomic E-state index is 16.7. The molecule has 3 saturated carbocycles. The first kappa shape index (κ1) is 63.2. The lowest BCUT2D eigenvalue weighted by atomic mass is 9.44. The zero-order valence-corrected chi connectivity index (χ0v) is 52.3. The quantitative estimate of drug-likeness (QED) is 0.0571. The highest BCUT2D eigenvalue weighted by molar-refractivity contribution is 6.77. The maximum Gasteiger partial charge on any atom is 0.408 e. The van der Waals surface area contributed by atoms with Gasteiger partial charge in [0.25, 0.3) is 0 Å². The van der Waals surface area contributed by atoms with Crippen LogP contribution in [0.5, 0.6) is 0 Å². The summed E-state index contributed by atoms with van der Waals surface area (Å²) in [6.07, 6.45) is -5.48. The minimum atomic E-state index is -3.06. The summed E-state index contributed by atoms with van der Waals surface area (Å²) in [5.41, 5.74) is -7.27. The van der Waals surface area contributed by atoms with Crippen LogP contribution in [0.2, 0.25) is 34.8 Å². The van der Waals surface area contributed by atoms with Gasteiger partial charge in [0.1, 0.15) is 29.5 Å². The highest BCUT2D eigenvalue weighted by Gasteiger charge is 2.79. The van der Waals surface area contributed by atoms with Crippen LogP contribution in [0.25, 0.3) is 0 Å². The van der Waals surface area contributed by atoms with Crippen molar-refractivity contribution in [2.45, 2.75) is 264 Å². The molecule has 1 aromatic carbocycles. The molecule has 1 amide bonds. The Morgan fingerprint density at radius 3 is 1.90 bits per heavy atom. The zero-order chi connectivity index (χ0) is 58.3. The van der Waals surface area contributed by atoms with E-state index in [1.165, 1.54) is 13.8 Å². The van der Waals surface area contributed by atoms with E-state index >= 15 is 14.4 Å². The van der Waals surface area contributed by atoms with Crippen LogP contribution in [0.3, 0.4) is 0 Å². The summed E-state index contributed by atoms with van der Waals surface area (Å²) in [5.74, 6) is -5.40. The summed E-state index contributed by atoms with van der Waals surface area (Å²) >= 11 is 0. The van der Waals surface area contributed by atoms with E-state index in [2.05, 4.69) is 67.6 Å². The van der Waals surface area contributed by atoms with Crippen LogP contribution in [0, 0.1) is 22.7 Å². The number of carbonyl (C=O) groups excluding carboxylic acids is 6. The number of nitrogens with one attached hydrogen (secondary N) is 1. The summed E-state index contributed by atoms with van der Waals surface area (Å²) in [6, 6.07) is 9.97. The van der Waals surface area contributed by atoms with Crippen LogP contribution in [0.15, 0.2) is 41.5 Å². The molecular formula is C60H95NO15Si2. The lowest BCUT2D eigenvalue weighted by molar-refractivity contribution is -0.346. The SMILES string of the molecule is CC[Si](CC)(CC)O[C@H]1C[C@H]2OC[C@@]2(OC(C)=O)C2[C@H](OC(=O)C3CCCCC3)[C@]3(O)C[C@H](OC(=O)[C@H](O[Si](C(C)C)(C(C)C)C(C)C)[C@@H](NC(=O)OC(C)(C)C)c4ccccc4)C(C)=C([C@@H](OC(C)=O)C(=O)[C@@]21C)C3(C)C. The maximum absolute atomic E-state index is 16.7. The van der Waals surface area contributed by atoms with Gasteiger partial charge < -0.3 is 47.7 Å². The number of amides is 1. The third-order valence-corrected chi connectivity index (χ3v) is 29.8. The molecule has 1 aliphatic heterocycles. The second-order valence-corrected chi connectivity index (χ2v) is 36.0. The number of hydrogen-bond acceptors (Lipinski definition) is 15. The normalized spacial score (nSPS) is 30.2. The first-order valence-electron chi connectivity index (χ1n) is 29.0. The van der Waals surface area contributed by atoms with Gasteiger partial charge in [0.2, 0.25) is 8.32 Å². The Hall–Kier alpha value is -3.95. The Morgan fingerprint density at radius 1 is 0.833 bits per heavy atom. The van der Waals surface area contributed by atoms with E-state index in [0.717, 1.165) is 19.3 Å². The largest absolute Gasteiger partial charge is 0.459 e. The fraction of sp³-hybridized carbons (Fsp3) is 0.767. The molecule has 0 aromatic heterocycles. The van der Waals surface area contributed by atoms with Crippen molar-refractivity contribution in [3.05, 3.63) is 47.0 Å². The molecular weight excluding hydrogens is 1030 g/mol. The van der Waals surface area contributed by atoms with Crippen molar-refractivity contribution in [1.29, 1.82) is 0 Å². The Labute approximate surface area is 467 Å². The zero-order valence-electron chi connectivity index (χ0n) is 50.3. The molecule has 1 unspecified atom stereocenters. The molecule has 1 heterocycles. The molecule has 4 aliphatic carbocycles. The minimum Gasteiger partial charge on any atom is -0.459 e. The number of aliphatic hydroxyl groups is 1. The molecule has 2 N–H and O–H groups in total. The molecule has 5 aliphatic rings. The van der Waals surface area contributed by atoms with Gasteiger partial charge in [-0.25, -0.2) is 9.59 Å². The monoisotopic (exact) mass is 1130 g/mol. The van der Waals surface area contributed by atoms with E-state index in [0.29, 0.717) is 42.1 Å². The number of alkyl carbamates (subject to hydrolysis) is 1. The number of benzene rings is 1. The van der Waals surface area contributed by atoms with Gasteiger partial charge in [0, 0.05) is 32.1 Å². The smallest absolute Gasteiger partial charge is 0.408 e. The van der Waals surface area contributed by atoms with Crippen LogP contribution < -0.4 is 5.32 Å². The molecule has 4 fully saturated rings. The fourth-order valence-electron chi connectivity index (χ4n) is 14.8. The third kappa shape index (κ3) is 11.6. The molecule has 1 saturated heterocycles. The van der Waals surface area contributed by atoms with Crippen molar-refractivity contribution in [1.82, 2.24) is 5.32 Å². The van der Waals surface area contributed by atoms with E-state index in [-0.39, 0.29) is 35.2 Å². The summed E-state index contributed by atoms with van der Waals surface area (Å²) in [7, 11) is -5.69. The molecule has 438 valence electrons. The van der Waals surface area contributed by atoms with Gasteiger partial charge in [0.05, 0.1) is 36.0 Å². The van der Waals surface area contributed by atoms with Crippen molar-refractivity contribution in [3.63, 3.8) is 0 Å². The second-order valence-electron chi connectivity index (χ2n) is 25.9. The topological polar surface area (TPSA) is 209 Å². The number of Topliss-reactive ketones (excluding diaryl/α,β-unsaturated/α-hetero) is 1. The predicted octanol–water partition coefficient (Wildman–Crippen LogP) is 11.3. The fourth-order valence-corrected chi connectivity index (χ4v) is 23.2. The summed E-state index contributed by atoms with van der Waals surface area (Å²) < 4.78 is 53.7. The van der Waals surface area contributed by atoms with Gasteiger partial charge in [-0.1, -0.05) is 126 Å². The van der Waals surface area contributed by atoms with E-state index in [9.17, 15) is 19.5 Å². The van der Waals surface area contributed by atoms with Gasteiger partial charge in [-0.05, 0) is 98.9 Å². The van der Waals surface area contributed by atoms with Crippen molar-refractivity contribution in [3.8, 4) is 0 Å². The number of ketones is 1. The van der Waals surface area contributed by atoms with Crippen LogP contribution in [-0.2, 0) is 61.2 Å². The molecule has 11 atom stereocenters. The Morgan fingerprint density at radius 2 is 1.41 bits per heavy atom. The molecule has 0 spiro atoms. The Kier molecular flexibility index (Phi) is 19.4. The molecule has 78 heavy (non-hydrogen) atoms. The van der Waals surface area contributed by atoms with Crippen LogP contribution in [0.1, 0.15) is 181 Å². The summed E-state index contributed by atoms with van der Waals surface area (Å²) in [4.78, 5) is 89.1. The van der Waals surface area contributed by atoms with Crippen molar-refractivity contribution < 1.29 is 71.1 Å². The average molecular weight is 1130 g/mol. The molecule has 6 rings (SSSR count). The van der Waals surface area contributed by atoms with E-state index in [4.69, 9.17) is 37.3 Å². The molecule has 18 heteroatoms. The van der Waals surface area contributed by atoms with Crippen molar-refractivity contribution in [2.24, 2.45) is 22.7 Å². The highest BCUT2D eigenvalue weighted by Crippen LogP contribution is 2.65. The van der Waals surface area contributed by atoms with Crippen LogP contribution in [0.4, 0.5) is 4.79 Å². The van der Waals surface area contributed by atoms with Gasteiger partial charge >= 0.3 is 30.0 Å². The molecule has 0 radical (unpaired) electrons. The van der Waals surface area contributed by atoms with Gasteiger partial charge in [0.15, 0.2) is 31.9 Å². The van der Waals surface area contributed by atoms with Crippen LogP contribution in [-0.4, -0.2) is 118 Å². The Bertz CT molecular complexity index is 2360. The molecule has 2 bridgehead atoms.